The zero-order chi connectivity index (χ0) is 15.7. The molecule has 4 nitrogen and oxygen atoms in total. The van der Waals surface area contributed by atoms with Gasteiger partial charge in [0.2, 0.25) is 0 Å². The summed E-state index contributed by atoms with van der Waals surface area (Å²) in [6, 6.07) is 12.1. The van der Waals surface area contributed by atoms with Gasteiger partial charge in [0, 0.05) is 5.39 Å². The van der Waals surface area contributed by atoms with Crippen LogP contribution in [0, 0.1) is 0 Å². The van der Waals surface area contributed by atoms with Gasteiger partial charge < -0.3 is 5.11 Å². The van der Waals surface area contributed by atoms with Crippen LogP contribution in [0.2, 0.25) is 19.1 Å². The van der Waals surface area contributed by atoms with Crippen molar-refractivity contribution in [2.75, 3.05) is 5.38 Å². The van der Waals surface area contributed by atoms with E-state index in [1.54, 1.807) is 0 Å². The van der Waals surface area contributed by atoms with Gasteiger partial charge in [-0.3, -0.25) is 4.55 Å². The fraction of sp³-hybridized carbons (Fsp3) is 0.333. The number of hydrogen-bond acceptors (Lipinski definition) is 3. The molecule has 6 heteroatoms. The van der Waals surface area contributed by atoms with E-state index in [1.807, 2.05) is 49.5 Å². The van der Waals surface area contributed by atoms with Crippen molar-refractivity contribution in [2.45, 2.75) is 25.6 Å². The number of rotatable bonds is 5. The summed E-state index contributed by atoms with van der Waals surface area (Å²) < 4.78 is 31.1. The normalized spacial score (nSPS) is 12.7. The first-order valence-electron chi connectivity index (χ1n) is 6.83. The second-order valence-corrected chi connectivity index (χ2v) is 13.3. The lowest BCUT2D eigenvalue weighted by Crippen LogP contribution is -2.36. The summed E-state index contributed by atoms with van der Waals surface area (Å²) in [5.41, 5.74) is 0.824. The third-order valence-corrected chi connectivity index (χ3v) is 9.82. The third kappa shape index (κ3) is 4.29. The Morgan fingerprint density at radius 1 is 1.10 bits per heavy atom. The van der Waals surface area contributed by atoms with Gasteiger partial charge in [0.15, 0.2) is 0 Å². The zero-order valence-electron chi connectivity index (χ0n) is 12.2. The second-order valence-electron chi connectivity index (χ2n) is 6.18. The van der Waals surface area contributed by atoms with Crippen LogP contribution in [0.25, 0.3) is 10.8 Å². The molecule has 2 N–H and O–H groups in total. The lowest BCUT2D eigenvalue weighted by atomic mass is 10.0. The second kappa shape index (κ2) is 5.79. The molecule has 0 spiro atoms. The maximum absolute atomic E-state index is 11.0. The number of phenolic OH excluding ortho intramolecular Hbond substituents is 1. The van der Waals surface area contributed by atoms with E-state index in [0.29, 0.717) is 12.5 Å². The lowest BCUT2D eigenvalue weighted by Gasteiger charge is -2.20. The van der Waals surface area contributed by atoms with Gasteiger partial charge in [0.1, 0.15) is 5.75 Å². The van der Waals surface area contributed by atoms with Crippen molar-refractivity contribution in [3.05, 3.63) is 42.0 Å². The largest absolute Gasteiger partial charge is 0.507 e. The van der Waals surface area contributed by atoms with E-state index in [4.69, 9.17) is 4.55 Å². The monoisotopic (exact) mass is 324 g/mol. The average Bonchev–Trinajstić information content (AvgIpc) is 2.35. The highest BCUT2D eigenvalue weighted by Gasteiger charge is 2.27. The average molecular weight is 324 g/mol. The van der Waals surface area contributed by atoms with Gasteiger partial charge in [-0.25, -0.2) is 0 Å². The molecule has 2 aromatic rings. The van der Waals surface area contributed by atoms with Crippen LogP contribution in [0.4, 0.5) is 0 Å². The molecule has 0 heterocycles. The molecule has 0 saturated carbocycles. The predicted octanol–water partition coefficient (Wildman–Crippen LogP) is 3.22. The zero-order valence-corrected chi connectivity index (χ0v) is 14.0. The number of phenols is 1. The summed E-state index contributed by atoms with van der Waals surface area (Å²) in [5.74, 6) is 0.268. The Bertz CT molecular complexity index is 753. The molecular formula is C15H20O4SSi. The number of hydrogen-bond donors (Lipinski definition) is 2. The third-order valence-electron chi connectivity index (χ3n) is 3.63. The molecule has 0 radical (unpaired) electrons. The number of benzene rings is 2. The van der Waals surface area contributed by atoms with E-state index in [0.717, 1.165) is 16.3 Å². The van der Waals surface area contributed by atoms with Crippen LogP contribution in [0.1, 0.15) is 5.56 Å². The summed E-state index contributed by atoms with van der Waals surface area (Å²) in [7, 11) is -5.99. The molecular weight excluding hydrogens is 304 g/mol. The van der Waals surface area contributed by atoms with E-state index in [-0.39, 0.29) is 11.1 Å². The minimum atomic E-state index is -3.93. The molecule has 0 atom stereocenters. The van der Waals surface area contributed by atoms with E-state index >= 15 is 0 Å². The highest BCUT2D eigenvalue weighted by molar-refractivity contribution is 7.87. The molecule has 2 rings (SSSR count). The van der Waals surface area contributed by atoms with Gasteiger partial charge in [-0.1, -0.05) is 55.5 Å². The number of aryl methyl sites for hydroxylation is 1. The van der Waals surface area contributed by atoms with Crippen molar-refractivity contribution in [2.24, 2.45) is 0 Å². The Morgan fingerprint density at radius 2 is 1.76 bits per heavy atom. The highest BCUT2D eigenvalue weighted by Crippen LogP contribution is 2.30. The van der Waals surface area contributed by atoms with Gasteiger partial charge in [0.25, 0.3) is 10.1 Å². The molecule has 114 valence electrons. The van der Waals surface area contributed by atoms with Crippen molar-refractivity contribution in [1.29, 1.82) is 0 Å². The van der Waals surface area contributed by atoms with Crippen LogP contribution in [0.3, 0.4) is 0 Å². The Kier molecular flexibility index (Phi) is 4.41. The summed E-state index contributed by atoms with van der Waals surface area (Å²) in [4.78, 5) is 0. The highest BCUT2D eigenvalue weighted by atomic mass is 32.2. The van der Waals surface area contributed by atoms with Crippen molar-refractivity contribution in [1.82, 2.24) is 0 Å². The Balaban J connectivity index is 2.19. The first-order valence-corrected chi connectivity index (χ1v) is 11.9. The van der Waals surface area contributed by atoms with Crippen molar-refractivity contribution in [3.63, 3.8) is 0 Å². The molecule has 0 amide bonds. The Labute approximate surface area is 126 Å². The first kappa shape index (κ1) is 16.0. The summed E-state index contributed by atoms with van der Waals surface area (Å²) >= 11 is 0. The molecule has 0 unspecified atom stereocenters. The smallest absolute Gasteiger partial charge is 0.262 e. The van der Waals surface area contributed by atoms with Crippen LogP contribution in [0.5, 0.6) is 5.75 Å². The fourth-order valence-electron chi connectivity index (χ4n) is 2.54. The molecule has 21 heavy (non-hydrogen) atoms. The van der Waals surface area contributed by atoms with E-state index in [2.05, 4.69) is 0 Å². The van der Waals surface area contributed by atoms with E-state index < -0.39 is 18.2 Å². The topological polar surface area (TPSA) is 74.6 Å². The van der Waals surface area contributed by atoms with Crippen molar-refractivity contribution in [3.8, 4) is 5.75 Å². The Morgan fingerprint density at radius 3 is 2.43 bits per heavy atom. The van der Waals surface area contributed by atoms with Gasteiger partial charge in [-0.05, 0) is 17.4 Å². The molecule has 0 aliphatic rings. The number of fused-ring (bicyclic) bond motifs is 1. The minimum Gasteiger partial charge on any atom is -0.507 e. The Hall–Kier alpha value is -1.37. The van der Waals surface area contributed by atoms with Crippen LogP contribution < -0.4 is 0 Å². The molecule has 0 aromatic heterocycles. The van der Waals surface area contributed by atoms with Crippen LogP contribution >= 0.6 is 0 Å². The van der Waals surface area contributed by atoms with Crippen LogP contribution in [-0.2, 0) is 16.5 Å². The minimum absolute atomic E-state index is 0.145. The van der Waals surface area contributed by atoms with E-state index in [9.17, 15) is 13.5 Å². The lowest BCUT2D eigenvalue weighted by molar-refractivity contribution is 0.475. The molecule has 0 aliphatic heterocycles. The SMILES string of the molecule is C[Si](C)(CCc1ccc2ccccc2c1O)CS(=O)(=O)O. The maximum Gasteiger partial charge on any atom is 0.262 e. The van der Waals surface area contributed by atoms with Gasteiger partial charge >= 0.3 is 0 Å². The summed E-state index contributed by atoms with van der Waals surface area (Å²) in [6.07, 6.45) is 0.616. The maximum atomic E-state index is 11.0. The number of aromatic hydroxyl groups is 1. The summed E-state index contributed by atoms with van der Waals surface area (Å²) in [5, 5.41) is 12.0. The quantitative estimate of drug-likeness (QED) is 0.654. The molecule has 0 fully saturated rings. The van der Waals surface area contributed by atoms with Gasteiger partial charge in [-0.2, -0.15) is 8.42 Å². The van der Waals surface area contributed by atoms with Crippen molar-refractivity contribution < 1.29 is 18.1 Å². The fourth-order valence-corrected chi connectivity index (χ4v) is 8.01. The summed E-state index contributed by atoms with van der Waals surface area (Å²) in [6.45, 7) is 3.86. The molecule has 0 bridgehead atoms. The van der Waals surface area contributed by atoms with Crippen LogP contribution in [0.15, 0.2) is 36.4 Å². The predicted molar refractivity (Wildman–Crippen MR) is 88.0 cm³/mol. The molecule has 2 aromatic carbocycles. The first-order chi connectivity index (χ1) is 9.68. The molecule has 0 aliphatic carbocycles. The molecule has 0 saturated heterocycles. The van der Waals surface area contributed by atoms with Gasteiger partial charge in [0.05, 0.1) is 13.5 Å². The van der Waals surface area contributed by atoms with Gasteiger partial charge in [-0.15, -0.1) is 0 Å². The van der Waals surface area contributed by atoms with Crippen LogP contribution in [-0.4, -0.2) is 31.5 Å². The van der Waals surface area contributed by atoms with Crippen molar-refractivity contribution >= 4 is 29.0 Å². The van der Waals surface area contributed by atoms with E-state index in [1.165, 1.54) is 0 Å². The standard InChI is InChI=1S/C15H20O4SSi/c1-21(2,11-20(17,18)19)10-9-13-8-7-12-5-3-4-6-14(12)15(13)16/h3-8,16H,9-11H2,1-2H3,(H,17,18,19).